The van der Waals surface area contributed by atoms with Gasteiger partial charge in [-0.15, -0.1) is 0 Å². The van der Waals surface area contributed by atoms with Gasteiger partial charge < -0.3 is 5.73 Å². The molecule has 0 unspecified atom stereocenters. The molecule has 0 saturated heterocycles. The minimum Gasteiger partial charge on any atom is -0.398 e. The topological polar surface area (TPSA) is 43.3 Å². The Labute approximate surface area is 284 Å². The predicted octanol–water partition coefficient (Wildman–Crippen LogP) is 11.4. The number of benzene rings is 8. The van der Waals surface area contributed by atoms with Crippen LogP contribution in [0.1, 0.15) is 11.1 Å². The number of nitrogens with two attached hydrogens (primary N) is 1. The molecule has 232 valence electrons. The fraction of sp³-hybridized carbons (Fsp3) is 0.0217. The smallest absolute Gasteiger partial charge is 0.135 e. The molecule has 0 spiro atoms. The lowest BCUT2D eigenvalue weighted by atomic mass is 9.93. The predicted molar refractivity (Wildman–Crippen MR) is 209 cm³/mol. The molecule has 9 rings (SSSR count). The van der Waals surface area contributed by atoms with E-state index in [1.807, 2.05) is 42.5 Å². The average molecular weight is 628 g/mol. The van der Waals surface area contributed by atoms with Gasteiger partial charge in [0.2, 0.25) is 0 Å². The van der Waals surface area contributed by atoms with Crippen LogP contribution in [-0.2, 0) is 6.54 Å². The van der Waals surface area contributed by atoms with Crippen molar-refractivity contribution in [1.29, 1.82) is 0 Å². The Bertz CT molecular complexity index is 2720. The van der Waals surface area contributed by atoms with Crippen molar-refractivity contribution in [2.45, 2.75) is 6.54 Å². The van der Waals surface area contributed by atoms with Crippen molar-refractivity contribution < 1.29 is 0 Å². The van der Waals surface area contributed by atoms with Crippen LogP contribution in [0.15, 0.2) is 181 Å². The number of para-hydroxylation sites is 1. The van der Waals surface area contributed by atoms with Crippen molar-refractivity contribution >= 4 is 65.7 Å². The van der Waals surface area contributed by atoms with E-state index in [0.29, 0.717) is 12.2 Å². The first kappa shape index (κ1) is 28.7. The number of fused-ring (bicyclic) bond motifs is 10. The summed E-state index contributed by atoms with van der Waals surface area (Å²) in [5.41, 5.74) is 14.3. The van der Waals surface area contributed by atoms with E-state index in [1.54, 1.807) is 0 Å². The molecule has 1 aromatic heterocycles. The van der Waals surface area contributed by atoms with Gasteiger partial charge in [0.25, 0.3) is 0 Å². The molecule has 0 aliphatic heterocycles. The maximum absolute atomic E-state index is 6.89. The van der Waals surface area contributed by atoms with E-state index in [-0.39, 0.29) is 0 Å². The van der Waals surface area contributed by atoms with Crippen molar-refractivity contribution in [3.8, 4) is 11.1 Å². The Morgan fingerprint density at radius 2 is 1.12 bits per heavy atom. The average Bonchev–Trinajstić information content (AvgIpc) is 3.52. The van der Waals surface area contributed by atoms with E-state index in [1.165, 1.54) is 54.2 Å². The zero-order valence-electron chi connectivity index (χ0n) is 26.9. The number of nitrogens with zero attached hydrogens (tertiary/aromatic N) is 2. The van der Waals surface area contributed by atoms with Crippen molar-refractivity contribution in [1.82, 2.24) is 4.57 Å². The first-order valence-electron chi connectivity index (χ1n) is 16.7. The lowest BCUT2D eigenvalue weighted by Crippen LogP contribution is -2.12. The standard InChI is InChI=1S/C46H33N3/c47-41(35-16-5-2-6-17-35)29-43(48-30-31-23-25-33(26-24-31)32-13-3-1-4-14-32)49-42-22-12-11-21-40(42)45-44-36-18-8-7-15-34(36)27-28-38(44)37-19-9-10-20-39(37)46(45)49/h1-29H,30,47H2/b41-29-,48-43?. The molecule has 0 bridgehead atoms. The van der Waals surface area contributed by atoms with Gasteiger partial charge in [0.1, 0.15) is 5.84 Å². The van der Waals surface area contributed by atoms with E-state index in [2.05, 4.69) is 138 Å². The van der Waals surface area contributed by atoms with Crippen molar-refractivity contribution in [2.75, 3.05) is 0 Å². The molecule has 0 fully saturated rings. The Morgan fingerprint density at radius 1 is 0.510 bits per heavy atom. The van der Waals surface area contributed by atoms with Gasteiger partial charge >= 0.3 is 0 Å². The van der Waals surface area contributed by atoms with Crippen LogP contribution in [-0.4, -0.2) is 10.4 Å². The molecule has 0 saturated carbocycles. The van der Waals surface area contributed by atoms with Crippen LogP contribution >= 0.6 is 0 Å². The molecule has 3 nitrogen and oxygen atoms in total. The van der Waals surface area contributed by atoms with Gasteiger partial charge in [-0.1, -0.05) is 164 Å². The van der Waals surface area contributed by atoms with Gasteiger partial charge in [-0.05, 0) is 49.9 Å². The highest BCUT2D eigenvalue weighted by Gasteiger charge is 2.21. The van der Waals surface area contributed by atoms with Gasteiger partial charge in [0, 0.05) is 33.3 Å². The maximum Gasteiger partial charge on any atom is 0.135 e. The van der Waals surface area contributed by atoms with Crippen LogP contribution in [0.25, 0.3) is 70.9 Å². The SMILES string of the molecule is N/C(=C\C(=NCc1ccc(-c2ccccc2)cc1)n1c2ccccc2c2c3c4ccccc4ccc3c3ccccc3c21)c1ccccc1. The molecule has 3 heteroatoms. The van der Waals surface area contributed by atoms with Crippen molar-refractivity contribution in [3.05, 3.63) is 187 Å². The Morgan fingerprint density at radius 3 is 1.90 bits per heavy atom. The van der Waals surface area contributed by atoms with Crippen LogP contribution in [0.4, 0.5) is 0 Å². The molecule has 8 aromatic carbocycles. The summed E-state index contributed by atoms with van der Waals surface area (Å²) in [5, 5.41) is 9.81. The summed E-state index contributed by atoms with van der Waals surface area (Å²) in [6.07, 6.45) is 2.04. The Balaban J connectivity index is 1.34. The molecule has 0 aliphatic carbocycles. The van der Waals surface area contributed by atoms with E-state index < -0.39 is 0 Å². The van der Waals surface area contributed by atoms with E-state index in [0.717, 1.165) is 28.0 Å². The van der Waals surface area contributed by atoms with Crippen molar-refractivity contribution in [3.63, 3.8) is 0 Å². The molecule has 0 aliphatic rings. The molecular formula is C46H33N3. The summed E-state index contributed by atoms with van der Waals surface area (Å²) >= 11 is 0. The summed E-state index contributed by atoms with van der Waals surface area (Å²) < 4.78 is 2.34. The van der Waals surface area contributed by atoms with Crippen LogP contribution in [0.2, 0.25) is 0 Å². The van der Waals surface area contributed by atoms with E-state index >= 15 is 0 Å². The molecule has 49 heavy (non-hydrogen) atoms. The maximum atomic E-state index is 6.89. The summed E-state index contributed by atoms with van der Waals surface area (Å²) in [7, 11) is 0. The highest BCUT2D eigenvalue weighted by atomic mass is 15.1. The minimum absolute atomic E-state index is 0.505. The molecule has 1 heterocycles. The van der Waals surface area contributed by atoms with Gasteiger partial charge in [-0.3, -0.25) is 9.56 Å². The third kappa shape index (κ3) is 4.95. The third-order valence-electron chi connectivity index (χ3n) is 9.63. The van der Waals surface area contributed by atoms with Crippen LogP contribution < -0.4 is 5.73 Å². The molecular weight excluding hydrogens is 595 g/mol. The molecule has 0 radical (unpaired) electrons. The lowest BCUT2D eigenvalue weighted by Gasteiger charge is -2.14. The number of hydrogen-bond donors (Lipinski definition) is 1. The minimum atomic E-state index is 0.505. The van der Waals surface area contributed by atoms with Crippen LogP contribution in [0, 0.1) is 0 Å². The summed E-state index contributed by atoms with van der Waals surface area (Å²) in [4.78, 5) is 5.38. The van der Waals surface area contributed by atoms with Gasteiger partial charge in [0.15, 0.2) is 0 Å². The van der Waals surface area contributed by atoms with Crippen molar-refractivity contribution in [2.24, 2.45) is 10.7 Å². The zero-order chi connectivity index (χ0) is 32.7. The van der Waals surface area contributed by atoms with Gasteiger partial charge in [-0.25, -0.2) is 0 Å². The quantitative estimate of drug-likeness (QED) is 0.115. The molecule has 2 N–H and O–H groups in total. The second-order valence-electron chi connectivity index (χ2n) is 12.5. The first-order chi connectivity index (χ1) is 24.2. The fourth-order valence-corrected chi connectivity index (χ4v) is 7.32. The van der Waals surface area contributed by atoms with Gasteiger partial charge in [-0.2, -0.15) is 0 Å². The summed E-state index contributed by atoms with van der Waals surface area (Å²) in [6.45, 7) is 0.505. The number of rotatable bonds is 5. The van der Waals surface area contributed by atoms with E-state index in [9.17, 15) is 0 Å². The number of allylic oxidation sites excluding steroid dienone is 1. The molecule has 9 aromatic rings. The highest BCUT2D eigenvalue weighted by Crippen LogP contribution is 2.43. The second kappa shape index (κ2) is 12.0. The lowest BCUT2D eigenvalue weighted by molar-refractivity contribution is 1.05. The summed E-state index contributed by atoms with van der Waals surface area (Å²) in [6, 6.07) is 60.0. The van der Waals surface area contributed by atoms with Crippen LogP contribution in [0.5, 0.6) is 0 Å². The largest absolute Gasteiger partial charge is 0.398 e. The highest BCUT2D eigenvalue weighted by molar-refractivity contribution is 6.38. The molecule has 0 atom stereocenters. The Hall–Kier alpha value is -6.45. The summed E-state index contributed by atoms with van der Waals surface area (Å²) in [5.74, 6) is 0.796. The normalized spacial score (nSPS) is 12.5. The monoisotopic (exact) mass is 627 g/mol. The Kier molecular flexibility index (Phi) is 7.02. The number of aliphatic imine (C=N–C) groups is 1. The number of hydrogen-bond acceptors (Lipinski definition) is 2. The second-order valence-corrected chi connectivity index (χ2v) is 12.5. The molecule has 0 amide bonds. The zero-order valence-corrected chi connectivity index (χ0v) is 26.9. The van der Waals surface area contributed by atoms with Gasteiger partial charge in [0.05, 0.1) is 17.6 Å². The fourth-order valence-electron chi connectivity index (χ4n) is 7.32. The number of aromatic nitrogens is 1. The van der Waals surface area contributed by atoms with E-state index in [4.69, 9.17) is 10.7 Å². The van der Waals surface area contributed by atoms with Crippen LogP contribution in [0.3, 0.4) is 0 Å². The first-order valence-corrected chi connectivity index (χ1v) is 16.7. The third-order valence-corrected chi connectivity index (χ3v) is 9.63.